The van der Waals surface area contributed by atoms with Crippen molar-refractivity contribution in [2.75, 3.05) is 16.8 Å². The number of benzene rings is 2. The molecule has 10 heteroatoms. The molecule has 0 spiro atoms. The summed E-state index contributed by atoms with van der Waals surface area (Å²) in [5.41, 5.74) is 1.77. The van der Waals surface area contributed by atoms with Gasteiger partial charge in [0.15, 0.2) is 9.84 Å². The fourth-order valence-electron chi connectivity index (χ4n) is 2.95. The van der Waals surface area contributed by atoms with E-state index in [0.29, 0.717) is 16.3 Å². The van der Waals surface area contributed by atoms with E-state index in [0.717, 1.165) is 22.4 Å². The molecule has 0 aliphatic heterocycles. The lowest BCUT2D eigenvalue weighted by atomic mass is 10.1. The number of anilines is 1. The molecule has 0 heterocycles. The number of nitrogens with zero attached hydrogens (tertiary/aromatic N) is 1. The van der Waals surface area contributed by atoms with Gasteiger partial charge in [-0.3, -0.25) is 9.10 Å². The molecule has 0 saturated carbocycles. The summed E-state index contributed by atoms with van der Waals surface area (Å²) in [6.07, 6.45) is 2.14. The molecule has 164 valence electrons. The van der Waals surface area contributed by atoms with Gasteiger partial charge in [0, 0.05) is 11.3 Å². The second-order valence-electron chi connectivity index (χ2n) is 7.24. The Morgan fingerprint density at radius 2 is 1.57 bits per heavy atom. The topological polar surface area (TPSA) is 101 Å². The van der Waals surface area contributed by atoms with Crippen LogP contribution in [0.1, 0.15) is 31.0 Å². The predicted octanol–water partition coefficient (Wildman–Crippen LogP) is 3.08. The van der Waals surface area contributed by atoms with Crippen molar-refractivity contribution < 1.29 is 21.6 Å². The molecular formula is C20H25ClN2O5S2. The number of aryl methyl sites for hydroxylation is 1. The van der Waals surface area contributed by atoms with Crippen LogP contribution >= 0.6 is 11.6 Å². The second-order valence-corrected chi connectivity index (χ2v) is 11.5. The van der Waals surface area contributed by atoms with Crippen molar-refractivity contribution in [2.45, 2.75) is 37.8 Å². The van der Waals surface area contributed by atoms with E-state index in [4.69, 9.17) is 11.6 Å². The van der Waals surface area contributed by atoms with E-state index in [1.165, 1.54) is 25.1 Å². The number of rotatable bonds is 7. The highest BCUT2D eigenvalue weighted by Gasteiger charge is 2.30. The number of hydrogen-bond donors (Lipinski definition) is 1. The van der Waals surface area contributed by atoms with Crippen LogP contribution in [0.25, 0.3) is 0 Å². The Morgan fingerprint density at radius 1 is 1.00 bits per heavy atom. The maximum Gasteiger partial charge on any atom is 0.244 e. The van der Waals surface area contributed by atoms with E-state index in [1.807, 2.05) is 0 Å². The molecule has 0 aromatic heterocycles. The molecule has 7 nitrogen and oxygen atoms in total. The maximum atomic E-state index is 12.8. The number of carbonyl (C=O) groups excluding carboxylic acids is 1. The summed E-state index contributed by atoms with van der Waals surface area (Å²) >= 11 is 6.14. The molecule has 2 rings (SSSR count). The molecule has 0 aliphatic rings. The van der Waals surface area contributed by atoms with Gasteiger partial charge >= 0.3 is 0 Å². The van der Waals surface area contributed by atoms with Crippen LogP contribution in [0.3, 0.4) is 0 Å². The zero-order valence-corrected chi connectivity index (χ0v) is 19.8. The zero-order valence-electron chi connectivity index (χ0n) is 17.4. The highest BCUT2D eigenvalue weighted by molar-refractivity contribution is 7.92. The van der Waals surface area contributed by atoms with Crippen LogP contribution in [0.15, 0.2) is 47.4 Å². The Kier molecular flexibility index (Phi) is 7.21. The Morgan fingerprint density at radius 3 is 2.03 bits per heavy atom. The van der Waals surface area contributed by atoms with Crippen LogP contribution in [0.5, 0.6) is 0 Å². The van der Waals surface area contributed by atoms with Crippen molar-refractivity contribution >= 4 is 43.1 Å². The third kappa shape index (κ3) is 5.74. The summed E-state index contributed by atoms with van der Waals surface area (Å²) in [6.45, 7) is 5.01. The quantitative estimate of drug-likeness (QED) is 0.667. The van der Waals surface area contributed by atoms with Gasteiger partial charge in [0.05, 0.1) is 22.9 Å². The first-order chi connectivity index (χ1) is 13.7. The summed E-state index contributed by atoms with van der Waals surface area (Å²) in [5.74, 6) is -0.503. The zero-order chi connectivity index (χ0) is 22.9. The number of sulfone groups is 1. The monoisotopic (exact) mass is 472 g/mol. The molecule has 2 atom stereocenters. The lowest BCUT2D eigenvalue weighted by Crippen LogP contribution is -2.48. The average Bonchev–Trinajstić information content (AvgIpc) is 2.63. The molecule has 0 fully saturated rings. The number of sulfonamides is 1. The standard InChI is InChI=1S/C20H25ClN2O5S2/c1-13-6-9-17(12-19(13)21)23(30(5,27)28)15(3)20(24)22-14(2)16-7-10-18(11-8-16)29(4,25)26/h6-12,14-15H,1-5H3,(H,22,24)/t14-,15+/m1/s1. The molecule has 2 aromatic carbocycles. The summed E-state index contributed by atoms with van der Waals surface area (Å²) in [4.78, 5) is 13.0. The highest BCUT2D eigenvalue weighted by atomic mass is 35.5. The Labute approximate surface area is 183 Å². The van der Waals surface area contributed by atoms with Gasteiger partial charge < -0.3 is 5.32 Å². The van der Waals surface area contributed by atoms with Gasteiger partial charge in [0.2, 0.25) is 15.9 Å². The van der Waals surface area contributed by atoms with Crippen LogP contribution in [-0.2, 0) is 24.7 Å². The molecule has 0 saturated heterocycles. The van der Waals surface area contributed by atoms with Crippen LogP contribution < -0.4 is 9.62 Å². The van der Waals surface area contributed by atoms with Crippen molar-refractivity contribution in [1.29, 1.82) is 0 Å². The minimum atomic E-state index is -3.77. The average molecular weight is 473 g/mol. The fourth-order valence-corrected chi connectivity index (χ4v) is 4.92. The van der Waals surface area contributed by atoms with Crippen molar-refractivity contribution in [2.24, 2.45) is 0 Å². The van der Waals surface area contributed by atoms with E-state index in [-0.39, 0.29) is 4.90 Å². The van der Waals surface area contributed by atoms with Crippen LogP contribution in [0, 0.1) is 6.92 Å². The van der Waals surface area contributed by atoms with E-state index >= 15 is 0 Å². The van der Waals surface area contributed by atoms with Gasteiger partial charge in [0.25, 0.3) is 0 Å². The normalized spacial score (nSPS) is 14.1. The molecule has 0 aliphatic carbocycles. The molecule has 0 unspecified atom stereocenters. The molecule has 1 amide bonds. The third-order valence-corrected chi connectivity index (χ3v) is 7.44. The van der Waals surface area contributed by atoms with Crippen molar-refractivity contribution in [3.8, 4) is 0 Å². The Balaban J connectivity index is 2.25. The molecule has 0 bridgehead atoms. The second kappa shape index (κ2) is 8.95. The fraction of sp³-hybridized carbons (Fsp3) is 0.350. The number of hydrogen-bond acceptors (Lipinski definition) is 5. The maximum absolute atomic E-state index is 12.8. The van der Waals surface area contributed by atoms with Crippen molar-refractivity contribution in [1.82, 2.24) is 5.32 Å². The first-order valence-electron chi connectivity index (χ1n) is 9.07. The van der Waals surface area contributed by atoms with Crippen molar-refractivity contribution in [3.63, 3.8) is 0 Å². The van der Waals surface area contributed by atoms with Crippen LogP contribution in [-0.4, -0.2) is 41.3 Å². The van der Waals surface area contributed by atoms with Crippen LogP contribution in [0.4, 0.5) is 5.69 Å². The minimum absolute atomic E-state index is 0.178. The van der Waals surface area contributed by atoms with Gasteiger partial charge in [-0.25, -0.2) is 16.8 Å². The number of carbonyl (C=O) groups is 1. The smallest absolute Gasteiger partial charge is 0.244 e. The van der Waals surface area contributed by atoms with Gasteiger partial charge in [-0.2, -0.15) is 0 Å². The third-order valence-electron chi connectivity index (χ3n) is 4.67. The van der Waals surface area contributed by atoms with Gasteiger partial charge in [-0.15, -0.1) is 0 Å². The predicted molar refractivity (Wildman–Crippen MR) is 119 cm³/mol. The number of amides is 1. The summed E-state index contributed by atoms with van der Waals surface area (Å²) < 4.78 is 49.0. The number of halogens is 1. The molecule has 2 aromatic rings. The minimum Gasteiger partial charge on any atom is -0.348 e. The van der Waals surface area contributed by atoms with E-state index < -0.39 is 37.9 Å². The number of nitrogens with one attached hydrogen (secondary N) is 1. The SMILES string of the molecule is Cc1ccc(N([C@@H](C)C(=O)N[C@H](C)c2ccc(S(C)(=O)=O)cc2)S(C)(=O)=O)cc1Cl. The lowest BCUT2D eigenvalue weighted by molar-refractivity contribution is -0.122. The molecule has 30 heavy (non-hydrogen) atoms. The first-order valence-corrected chi connectivity index (χ1v) is 13.2. The van der Waals surface area contributed by atoms with Gasteiger partial charge in [-0.05, 0) is 56.2 Å². The lowest BCUT2D eigenvalue weighted by Gasteiger charge is -2.29. The van der Waals surface area contributed by atoms with Gasteiger partial charge in [0.1, 0.15) is 6.04 Å². The summed E-state index contributed by atoms with van der Waals surface area (Å²) in [5, 5.41) is 3.17. The Hall–Kier alpha value is -2.10. The molecule has 1 N–H and O–H groups in total. The van der Waals surface area contributed by atoms with Crippen LogP contribution in [0.2, 0.25) is 5.02 Å². The largest absolute Gasteiger partial charge is 0.348 e. The first kappa shape index (κ1) is 24.2. The van der Waals surface area contributed by atoms with E-state index in [1.54, 1.807) is 38.1 Å². The highest BCUT2D eigenvalue weighted by Crippen LogP contribution is 2.27. The Bertz CT molecular complexity index is 1150. The summed E-state index contributed by atoms with van der Waals surface area (Å²) in [6, 6.07) is 9.45. The van der Waals surface area contributed by atoms with E-state index in [9.17, 15) is 21.6 Å². The summed E-state index contributed by atoms with van der Waals surface area (Å²) in [7, 11) is -7.09. The van der Waals surface area contributed by atoms with E-state index in [2.05, 4.69) is 5.32 Å². The van der Waals surface area contributed by atoms with Crippen molar-refractivity contribution in [3.05, 3.63) is 58.6 Å². The molecule has 0 radical (unpaired) electrons. The van der Waals surface area contributed by atoms with Gasteiger partial charge in [-0.1, -0.05) is 29.8 Å². The molecular weight excluding hydrogens is 448 g/mol.